The molecule has 2 heteroatoms. The van der Waals surface area contributed by atoms with E-state index in [0.29, 0.717) is 0 Å². The molecule has 0 radical (unpaired) electrons. The SMILES string of the molecule is Cl.c1ccc(C2CCN(C3Cc4ccccc4C3)CC2)cc1. The molecule has 1 aliphatic heterocycles. The van der Waals surface area contributed by atoms with E-state index in [-0.39, 0.29) is 12.4 Å². The van der Waals surface area contributed by atoms with Crippen molar-refractivity contribution in [2.24, 2.45) is 0 Å². The number of hydrogen-bond donors (Lipinski definition) is 0. The summed E-state index contributed by atoms with van der Waals surface area (Å²) in [5, 5.41) is 0. The Morgan fingerprint density at radius 1 is 0.727 bits per heavy atom. The Labute approximate surface area is 139 Å². The van der Waals surface area contributed by atoms with Gasteiger partial charge in [-0.15, -0.1) is 12.4 Å². The van der Waals surface area contributed by atoms with Gasteiger partial charge in [0.1, 0.15) is 0 Å². The van der Waals surface area contributed by atoms with E-state index >= 15 is 0 Å². The van der Waals surface area contributed by atoms with Gasteiger partial charge in [-0.05, 0) is 61.4 Å². The molecule has 0 aromatic heterocycles. The van der Waals surface area contributed by atoms with Crippen molar-refractivity contribution in [3.8, 4) is 0 Å². The second-order valence-corrected chi connectivity index (χ2v) is 6.55. The number of fused-ring (bicyclic) bond motifs is 1. The predicted molar refractivity (Wildman–Crippen MR) is 94.9 cm³/mol. The average Bonchev–Trinajstić information content (AvgIpc) is 3.00. The minimum absolute atomic E-state index is 0. The molecule has 0 saturated carbocycles. The summed E-state index contributed by atoms with van der Waals surface area (Å²) in [7, 11) is 0. The number of hydrogen-bond acceptors (Lipinski definition) is 1. The third-order valence-electron chi connectivity index (χ3n) is 5.35. The van der Waals surface area contributed by atoms with Crippen molar-refractivity contribution in [2.75, 3.05) is 13.1 Å². The third kappa shape index (κ3) is 3.06. The van der Waals surface area contributed by atoms with Gasteiger partial charge in [0.25, 0.3) is 0 Å². The Balaban J connectivity index is 0.00000144. The molecule has 22 heavy (non-hydrogen) atoms. The average molecular weight is 314 g/mol. The quantitative estimate of drug-likeness (QED) is 0.791. The highest BCUT2D eigenvalue weighted by atomic mass is 35.5. The van der Waals surface area contributed by atoms with Crippen LogP contribution < -0.4 is 0 Å². The van der Waals surface area contributed by atoms with Gasteiger partial charge in [0.05, 0.1) is 0 Å². The van der Waals surface area contributed by atoms with Crippen LogP contribution in [0.25, 0.3) is 0 Å². The lowest BCUT2D eigenvalue weighted by molar-refractivity contribution is 0.156. The smallest absolute Gasteiger partial charge is 0.0176 e. The zero-order chi connectivity index (χ0) is 14.1. The maximum absolute atomic E-state index is 2.74. The number of piperidine rings is 1. The topological polar surface area (TPSA) is 3.24 Å². The molecule has 2 aliphatic rings. The molecule has 1 nitrogen and oxygen atoms in total. The monoisotopic (exact) mass is 313 g/mol. The van der Waals surface area contributed by atoms with Crippen LogP contribution in [0.4, 0.5) is 0 Å². The van der Waals surface area contributed by atoms with Crippen molar-refractivity contribution in [1.82, 2.24) is 4.90 Å². The molecule has 4 rings (SSSR count). The van der Waals surface area contributed by atoms with Crippen LogP contribution >= 0.6 is 12.4 Å². The number of likely N-dealkylation sites (tertiary alicyclic amines) is 1. The van der Waals surface area contributed by atoms with Crippen LogP contribution in [0.3, 0.4) is 0 Å². The summed E-state index contributed by atoms with van der Waals surface area (Å²) in [5.41, 5.74) is 4.69. The van der Waals surface area contributed by atoms with Gasteiger partial charge in [-0.25, -0.2) is 0 Å². The van der Waals surface area contributed by atoms with E-state index in [1.54, 1.807) is 11.1 Å². The molecule has 2 aromatic carbocycles. The highest BCUT2D eigenvalue weighted by Crippen LogP contribution is 2.32. The maximum Gasteiger partial charge on any atom is 0.0176 e. The Morgan fingerprint density at radius 2 is 1.27 bits per heavy atom. The molecular weight excluding hydrogens is 290 g/mol. The van der Waals surface area contributed by atoms with Crippen molar-refractivity contribution in [2.45, 2.75) is 37.6 Å². The number of halogens is 1. The van der Waals surface area contributed by atoms with Gasteiger partial charge in [-0.3, -0.25) is 4.90 Å². The largest absolute Gasteiger partial charge is 0.300 e. The molecule has 0 bridgehead atoms. The molecule has 0 unspecified atom stereocenters. The summed E-state index contributed by atoms with van der Waals surface area (Å²) >= 11 is 0. The molecule has 2 aromatic rings. The standard InChI is InChI=1S/C20H23N.ClH/c1-2-6-16(7-3-1)17-10-12-21(13-11-17)20-14-18-8-4-5-9-19(18)15-20;/h1-9,17,20H,10-15H2;1H. The first-order valence-corrected chi connectivity index (χ1v) is 8.26. The Kier molecular flexibility index (Phi) is 4.85. The molecule has 116 valence electrons. The summed E-state index contributed by atoms with van der Waals surface area (Å²) in [6.45, 7) is 2.52. The lowest BCUT2D eigenvalue weighted by Crippen LogP contribution is -2.41. The van der Waals surface area contributed by atoms with Crippen LogP contribution in [0.2, 0.25) is 0 Å². The molecule has 0 N–H and O–H groups in total. The molecule has 1 heterocycles. The summed E-state index contributed by atoms with van der Waals surface area (Å²) in [6, 6.07) is 20.8. The Bertz CT molecular complexity index is 577. The molecule has 1 saturated heterocycles. The highest BCUT2D eigenvalue weighted by Gasteiger charge is 2.29. The summed E-state index contributed by atoms with van der Waals surface area (Å²) in [5.74, 6) is 0.770. The second kappa shape index (κ2) is 6.85. The van der Waals surface area contributed by atoms with Crippen molar-refractivity contribution < 1.29 is 0 Å². The molecule has 0 amide bonds. The lowest BCUT2D eigenvalue weighted by Gasteiger charge is -2.36. The van der Waals surface area contributed by atoms with E-state index in [1.807, 2.05) is 0 Å². The van der Waals surface area contributed by atoms with Gasteiger partial charge in [0.15, 0.2) is 0 Å². The Morgan fingerprint density at radius 3 is 1.86 bits per heavy atom. The summed E-state index contributed by atoms with van der Waals surface area (Å²) < 4.78 is 0. The van der Waals surface area contributed by atoms with E-state index in [9.17, 15) is 0 Å². The second-order valence-electron chi connectivity index (χ2n) is 6.55. The molecule has 0 spiro atoms. The van der Waals surface area contributed by atoms with E-state index in [0.717, 1.165) is 12.0 Å². The molecule has 0 atom stereocenters. The zero-order valence-corrected chi connectivity index (χ0v) is 13.8. The minimum atomic E-state index is 0. The van der Waals surface area contributed by atoms with Gasteiger partial charge in [-0.2, -0.15) is 0 Å². The van der Waals surface area contributed by atoms with Crippen molar-refractivity contribution in [1.29, 1.82) is 0 Å². The van der Waals surface area contributed by atoms with Crippen LogP contribution in [-0.2, 0) is 12.8 Å². The lowest BCUT2D eigenvalue weighted by atomic mass is 9.89. The molecule has 1 aliphatic carbocycles. The minimum Gasteiger partial charge on any atom is -0.300 e. The summed E-state index contributed by atoms with van der Waals surface area (Å²) in [6.07, 6.45) is 5.14. The van der Waals surface area contributed by atoms with E-state index in [2.05, 4.69) is 59.5 Å². The Hall–Kier alpha value is -1.31. The van der Waals surface area contributed by atoms with E-state index < -0.39 is 0 Å². The fourth-order valence-electron chi connectivity index (χ4n) is 4.12. The van der Waals surface area contributed by atoms with Crippen molar-refractivity contribution in [3.63, 3.8) is 0 Å². The van der Waals surface area contributed by atoms with Crippen molar-refractivity contribution >= 4 is 12.4 Å². The summed E-state index contributed by atoms with van der Waals surface area (Å²) in [4.78, 5) is 2.74. The zero-order valence-electron chi connectivity index (χ0n) is 12.9. The first-order chi connectivity index (χ1) is 10.4. The van der Waals surface area contributed by atoms with Crippen molar-refractivity contribution in [3.05, 3.63) is 71.3 Å². The first-order valence-electron chi connectivity index (χ1n) is 8.26. The number of nitrogens with zero attached hydrogens (tertiary/aromatic N) is 1. The van der Waals surface area contributed by atoms with Gasteiger partial charge >= 0.3 is 0 Å². The normalized spacial score (nSPS) is 19.6. The van der Waals surface area contributed by atoms with Crippen LogP contribution in [0.1, 0.15) is 35.4 Å². The van der Waals surface area contributed by atoms with Crippen LogP contribution in [-0.4, -0.2) is 24.0 Å². The maximum atomic E-state index is 2.74. The van der Waals surface area contributed by atoms with Crippen LogP contribution in [0.15, 0.2) is 54.6 Å². The van der Waals surface area contributed by atoms with Crippen LogP contribution in [0, 0.1) is 0 Å². The first kappa shape index (κ1) is 15.6. The fraction of sp³-hybridized carbons (Fsp3) is 0.400. The molecular formula is C20H24ClN. The van der Waals surface area contributed by atoms with Gasteiger partial charge < -0.3 is 0 Å². The third-order valence-corrected chi connectivity index (χ3v) is 5.35. The van der Waals surface area contributed by atoms with Crippen LogP contribution in [0.5, 0.6) is 0 Å². The van der Waals surface area contributed by atoms with Gasteiger partial charge in [0, 0.05) is 6.04 Å². The predicted octanol–water partition coefficient (Wildman–Crippen LogP) is 4.46. The highest BCUT2D eigenvalue weighted by molar-refractivity contribution is 5.85. The van der Waals surface area contributed by atoms with Gasteiger partial charge in [0.2, 0.25) is 0 Å². The van der Waals surface area contributed by atoms with E-state index in [4.69, 9.17) is 0 Å². The number of benzene rings is 2. The van der Waals surface area contributed by atoms with Gasteiger partial charge in [-0.1, -0.05) is 54.6 Å². The van der Waals surface area contributed by atoms with E-state index in [1.165, 1.54) is 44.3 Å². The molecule has 1 fully saturated rings. The number of rotatable bonds is 2. The fourth-order valence-corrected chi connectivity index (χ4v) is 4.12.